The fourth-order valence-electron chi connectivity index (χ4n) is 2.89. The van der Waals surface area contributed by atoms with Gasteiger partial charge in [-0.2, -0.15) is 16.9 Å². The Hall–Kier alpha value is -0.970. The van der Waals surface area contributed by atoms with Crippen LogP contribution in [0.1, 0.15) is 38.2 Å². The van der Waals surface area contributed by atoms with E-state index in [0.29, 0.717) is 12.5 Å². The van der Waals surface area contributed by atoms with Crippen molar-refractivity contribution in [2.24, 2.45) is 7.05 Å². The molecule has 4 nitrogen and oxygen atoms in total. The summed E-state index contributed by atoms with van der Waals surface area (Å²) in [5.41, 5.74) is 1.14. The molecule has 0 spiro atoms. The molecule has 1 fully saturated rings. The molecule has 0 bridgehead atoms. The maximum atomic E-state index is 12.3. The lowest BCUT2D eigenvalue weighted by atomic mass is 10.1. The first-order valence-electron chi connectivity index (χ1n) is 7.45. The van der Waals surface area contributed by atoms with Gasteiger partial charge >= 0.3 is 0 Å². The monoisotopic (exact) mass is 295 g/mol. The molecule has 0 aromatic carbocycles. The van der Waals surface area contributed by atoms with Gasteiger partial charge in [-0.3, -0.25) is 9.48 Å². The number of thioether (sulfide) groups is 1. The fourth-order valence-corrected chi connectivity index (χ4v) is 4.02. The summed E-state index contributed by atoms with van der Waals surface area (Å²) in [5.74, 6) is 1.44. The van der Waals surface area contributed by atoms with Crippen LogP contribution in [0.2, 0.25) is 0 Å². The van der Waals surface area contributed by atoms with Crippen molar-refractivity contribution >= 4 is 17.7 Å². The molecule has 20 heavy (non-hydrogen) atoms. The van der Waals surface area contributed by atoms with Crippen molar-refractivity contribution in [1.82, 2.24) is 14.7 Å². The SMILES string of the molecule is CCS[C@H]1CC[C@@H](N(C)C(=O)CCc2cnn(C)c2)C1. The van der Waals surface area contributed by atoms with Gasteiger partial charge in [0.2, 0.25) is 5.91 Å². The third-order valence-electron chi connectivity index (χ3n) is 4.09. The van der Waals surface area contributed by atoms with Crippen molar-refractivity contribution in [2.45, 2.75) is 50.3 Å². The Balaban J connectivity index is 1.77. The van der Waals surface area contributed by atoms with Gasteiger partial charge in [0.25, 0.3) is 0 Å². The minimum atomic E-state index is 0.265. The molecule has 2 rings (SSSR count). The van der Waals surface area contributed by atoms with Gasteiger partial charge in [0, 0.05) is 38.0 Å². The maximum Gasteiger partial charge on any atom is 0.222 e. The number of amides is 1. The summed E-state index contributed by atoms with van der Waals surface area (Å²) in [6.07, 6.45) is 8.78. The third-order valence-corrected chi connectivity index (χ3v) is 5.32. The summed E-state index contributed by atoms with van der Waals surface area (Å²) in [6, 6.07) is 0.445. The first-order chi connectivity index (χ1) is 9.60. The van der Waals surface area contributed by atoms with Crippen LogP contribution >= 0.6 is 11.8 Å². The summed E-state index contributed by atoms with van der Waals surface area (Å²) < 4.78 is 1.78. The van der Waals surface area contributed by atoms with E-state index in [9.17, 15) is 4.79 Å². The molecule has 5 heteroatoms. The minimum absolute atomic E-state index is 0.265. The predicted molar refractivity (Wildman–Crippen MR) is 83.9 cm³/mol. The second-order valence-electron chi connectivity index (χ2n) is 5.57. The Morgan fingerprint density at radius 3 is 3.00 bits per heavy atom. The summed E-state index contributed by atoms with van der Waals surface area (Å²) in [6.45, 7) is 2.21. The predicted octanol–water partition coefficient (Wildman–Crippen LogP) is 2.49. The van der Waals surface area contributed by atoms with Crippen LogP contribution in [0, 0.1) is 0 Å². The number of hydrogen-bond acceptors (Lipinski definition) is 3. The first kappa shape index (κ1) is 15.4. The Morgan fingerprint density at radius 2 is 2.35 bits per heavy atom. The van der Waals surface area contributed by atoms with Gasteiger partial charge in [-0.1, -0.05) is 6.92 Å². The van der Waals surface area contributed by atoms with Crippen molar-refractivity contribution in [1.29, 1.82) is 0 Å². The van der Waals surface area contributed by atoms with E-state index in [1.54, 1.807) is 4.68 Å². The minimum Gasteiger partial charge on any atom is -0.343 e. The molecular weight excluding hydrogens is 270 g/mol. The smallest absolute Gasteiger partial charge is 0.222 e. The highest BCUT2D eigenvalue weighted by molar-refractivity contribution is 7.99. The van der Waals surface area contributed by atoms with Gasteiger partial charge in [-0.15, -0.1) is 0 Å². The lowest BCUT2D eigenvalue weighted by Gasteiger charge is -2.24. The topological polar surface area (TPSA) is 38.1 Å². The highest BCUT2D eigenvalue weighted by Gasteiger charge is 2.29. The number of hydrogen-bond donors (Lipinski definition) is 0. The Bertz CT molecular complexity index is 446. The van der Waals surface area contributed by atoms with Crippen LogP contribution < -0.4 is 0 Å². The van der Waals surface area contributed by atoms with Crippen LogP contribution in [0.15, 0.2) is 12.4 Å². The number of nitrogens with zero attached hydrogens (tertiary/aromatic N) is 3. The zero-order valence-corrected chi connectivity index (χ0v) is 13.5. The molecule has 0 unspecified atom stereocenters. The molecule has 1 amide bonds. The standard InChI is InChI=1S/C15H25N3OS/c1-4-20-14-7-6-13(9-14)18(3)15(19)8-5-12-10-16-17(2)11-12/h10-11,13-14H,4-9H2,1-3H3/t13-,14+/m1/s1. The van der Waals surface area contributed by atoms with E-state index in [1.807, 2.05) is 43.2 Å². The molecule has 0 saturated heterocycles. The Morgan fingerprint density at radius 1 is 1.55 bits per heavy atom. The number of carbonyl (C=O) groups excluding carboxylic acids is 1. The summed E-state index contributed by atoms with van der Waals surface area (Å²) in [5, 5.41) is 4.88. The number of aryl methyl sites for hydroxylation is 2. The number of rotatable bonds is 6. The van der Waals surface area contributed by atoms with Crippen LogP contribution in [-0.2, 0) is 18.3 Å². The van der Waals surface area contributed by atoms with Crippen LogP contribution in [0.25, 0.3) is 0 Å². The third kappa shape index (κ3) is 4.01. The van der Waals surface area contributed by atoms with E-state index < -0.39 is 0 Å². The maximum absolute atomic E-state index is 12.3. The van der Waals surface area contributed by atoms with Gasteiger partial charge in [-0.05, 0) is 37.0 Å². The van der Waals surface area contributed by atoms with Crippen LogP contribution in [0.3, 0.4) is 0 Å². The normalized spacial score (nSPS) is 22.1. The molecule has 1 aliphatic carbocycles. The van der Waals surface area contributed by atoms with E-state index in [4.69, 9.17) is 0 Å². The lowest BCUT2D eigenvalue weighted by molar-refractivity contribution is -0.131. The van der Waals surface area contributed by atoms with Gasteiger partial charge in [0.15, 0.2) is 0 Å². The van der Waals surface area contributed by atoms with Crippen molar-refractivity contribution in [3.63, 3.8) is 0 Å². The quantitative estimate of drug-likeness (QED) is 0.809. The highest BCUT2D eigenvalue weighted by atomic mass is 32.2. The molecule has 2 atom stereocenters. The van der Waals surface area contributed by atoms with E-state index in [-0.39, 0.29) is 5.91 Å². The lowest BCUT2D eigenvalue weighted by Crippen LogP contribution is -2.35. The molecule has 0 N–H and O–H groups in total. The number of carbonyl (C=O) groups is 1. The largest absolute Gasteiger partial charge is 0.343 e. The highest BCUT2D eigenvalue weighted by Crippen LogP contribution is 2.32. The molecule has 1 aromatic rings. The first-order valence-corrected chi connectivity index (χ1v) is 8.49. The zero-order valence-electron chi connectivity index (χ0n) is 12.7. The van der Waals surface area contributed by atoms with Crippen LogP contribution in [0.5, 0.6) is 0 Å². The van der Waals surface area contributed by atoms with Gasteiger partial charge in [0.1, 0.15) is 0 Å². The van der Waals surface area contributed by atoms with Crippen molar-refractivity contribution < 1.29 is 4.79 Å². The molecule has 1 saturated carbocycles. The molecular formula is C15H25N3OS. The average molecular weight is 295 g/mol. The molecule has 1 heterocycles. The summed E-state index contributed by atoms with van der Waals surface area (Å²) >= 11 is 2.04. The van der Waals surface area contributed by atoms with E-state index >= 15 is 0 Å². The average Bonchev–Trinajstić information content (AvgIpc) is 3.05. The second-order valence-corrected chi connectivity index (χ2v) is 7.15. The van der Waals surface area contributed by atoms with Crippen molar-refractivity contribution in [3.05, 3.63) is 18.0 Å². The second kappa shape index (κ2) is 7.16. The van der Waals surface area contributed by atoms with Crippen LogP contribution in [-0.4, -0.2) is 44.7 Å². The number of aromatic nitrogens is 2. The van der Waals surface area contributed by atoms with E-state index in [1.165, 1.54) is 12.2 Å². The van der Waals surface area contributed by atoms with Gasteiger partial charge in [0.05, 0.1) is 6.20 Å². The molecule has 1 aliphatic rings. The summed E-state index contributed by atoms with van der Waals surface area (Å²) in [7, 11) is 3.87. The molecule has 112 valence electrons. The van der Waals surface area contributed by atoms with E-state index in [0.717, 1.165) is 30.1 Å². The molecule has 0 aliphatic heterocycles. The van der Waals surface area contributed by atoms with Gasteiger partial charge in [-0.25, -0.2) is 0 Å². The van der Waals surface area contributed by atoms with E-state index in [2.05, 4.69) is 12.0 Å². The zero-order chi connectivity index (χ0) is 14.5. The molecule has 1 aromatic heterocycles. The van der Waals surface area contributed by atoms with Gasteiger partial charge < -0.3 is 4.90 Å². The Kier molecular flexibility index (Phi) is 5.52. The Labute approximate surface area is 125 Å². The fraction of sp³-hybridized carbons (Fsp3) is 0.733. The molecule has 0 radical (unpaired) electrons. The van der Waals surface area contributed by atoms with Crippen molar-refractivity contribution in [3.8, 4) is 0 Å². The summed E-state index contributed by atoms with van der Waals surface area (Å²) in [4.78, 5) is 14.2. The van der Waals surface area contributed by atoms with Crippen LogP contribution in [0.4, 0.5) is 0 Å². The van der Waals surface area contributed by atoms with Crippen molar-refractivity contribution in [2.75, 3.05) is 12.8 Å².